The zero-order valence-electron chi connectivity index (χ0n) is 49.4. The number of ketones is 1. The number of carbonyl (C=O) groups is 1. The fraction of sp³-hybridized carbons (Fsp3) is 0.656. The average molecular weight is 1140 g/mol. The first-order valence-electron chi connectivity index (χ1n) is 30.3. The highest BCUT2D eigenvalue weighted by Crippen LogP contribution is 2.21. The van der Waals surface area contributed by atoms with Gasteiger partial charge in [0, 0.05) is 61.4 Å². The Morgan fingerprint density at radius 2 is 0.549 bits per heavy atom. The van der Waals surface area contributed by atoms with Crippen LogP contribution in [0.4, 0.5) is 34.1 Å². The van der Waals surface area contributed by atoms with Crippen LogP contribution in [0.2, 0.25) is 0 Å². The summed E-state index contributed by atoms with van der Waals surface area (Å²) in [6.45, 7) is 10.5. The van der Waals surface area contributed by atoms with Crippen LogP contribution >= 0.6 is 0 Å². The van der Waals surface area contributed by atoms with Crippen molar-refractivity contribution in [3.63, 3.8) is 0 Å². The predicted octanol–water partition coefficient (Wildman–Crippen LogP) is 2.44. The van der Waals surface area contributed by atoms with Gasteiger partial charge in [-0.3, -0.25) is 52.7 Å². The van der Waals surface area contributed by atoms with Crippen LogP contribution in [0, 0.1) is 0 Å². The average Bonchev–Trinajstić information content (AvgIpc) is 3.31. The lowest BCUT2D eigenvalue weighted by Gasteiger charge is -2.22. The van der Waals surface area contributed by atoms with E-state index in [2.05, 4.69) is 51.5 Å². The molecular weight excluding hydrogens is 1050 g/mol. The third kappa shape index (κ3) is 17.6. The van der Waals surface area contributed by atoms with Gasteiger partial charge in [-0.2, -0.15) is 0 Å². The van der Waals surface area contributed by atoms with Gasteiger partial charge in [-0.05, 0) is 196 Å². The molecule has 1 unspecified atom stereocenters. The van der Waals surface area contributed by atoms with E-state index in [1.807, 2.05) is 35.1 Å². The van der Waals surface area contributed by atoms with Gasteiger partial charge in [-0.25, -0.2) is 0 Å². The summed E-state index contributed by atoms with van der Waals surface area (Å²) in [4.78, 5) is 147. The second kappa shape index (κ2) is 32.5. The molecule has 1 heterocycles. The normalized spacial score (nSPS) is 20.1. The molecule has 5 aromatic carbocycles. The summed E-state index contributed by atoms with van der Waals surface area (Å²) in [7, 11) is 8.03. The number of Topliss-reactive ketones (excluding diaryl/α,β-unsaturated/α-hetero) is 1. The van der Waals surface area contributed by atoms with Crippen LogP contribution in [0.25, 0.3) is 0 Å². The van der Waals surface area contributed by atoms with Crippen LogP contribution in [0.3, 0.4) is 0 Å². The topological polar surface area (TPSA) is 273 Å². The minimum atomic E-state index is -0.646. The Bertz CT molecular complexity index is 3230. The summed E-state index contributed by atoms with van der Waals surface area (Å²) in [6.07, 6.45) is 14.2. The number of nitrogens with zero attached hydrogens (tertiary/aromatic N) is 4. The third-order valence-corrected chi connectivity index (χ3v) is 16.3. The highest BCUT2D eigenvalue weighted by molar-refractivity contribution is 5.88. The van der Waals surface area contributed by atoms with E-state index >= 15 is 0 Å². The number of hydrogen-bond donors (Lipinski definition) is 6. The Balaban J connectivity index is 0.969. The highest BCUT2D eigenvalue weighted by Gasteiger charge is 2.27. The van der Waals surface area contributed by atoms with Crippen molar-refractivity contribution >= 4 is 39.9 Å². The maximum Gasteiger partial charge on any atom is 0.253 e. The molecule has 21 nitrogen and oxygen atoms in total. The molecule has 6 rings (SSSR count). The van der Waals surface area contributed by atoms with Crippen molar-refractivity contribution in [1.82, 2.24) is 19.6 Å². The summed E-state index contributed by atoms with van der Waals surface area (Å²) in [5.74, 6) is -0.0479. The van der Waals surface area contributed by atoms with Gasteiger partial charge in [0.25, 0.3) is 32.6 Å². The fourth-order valence-electron chi connectivity index (χ4n) is 11.2. The van der Waals surface area contributed by atoms with Crippen LogP contribution in [0.15, 0.2) is 47.9 Å². The fourth-order valence-corrected chi connectivity index (χ4v) is 11.2. The van der Waals surface area contributed by atoms with Gasteiger partial charge in [0.1, 0.15) is 34.1 Å². The van der Waals surface area contributed by atoms with E-state index in [1.165, 1.54) is 0 Å². The monoisotopic (exact) mass is 1140 g/mol. The van der Waals surface area contributed by atoms with Crippen molar-refractivity contribution in [2.75, 3.05) is 145 Å². The van der Waals surface area contributed by atoms with Crippen molar-refractivity contribution in [1.29, 1.82) is 0 Å². The zero-order chi connectivity index (χ0) is 59.3. The Morgan fingerprint density at radius 1 is 0.305 bits per heavy atom. The molecule has 0 spiro atoms. The minimum absolute atomic E-state index is 0.0479. The van der Waals surface area contributed by atoms with Crippen LogP contribution in [-0.4, -0.2) is 145 Å². The Labute approximate surface area is 480 Å². The summed E-state index contributed by atoms with van der Waals surface area (Å²) in [5.41, 5.74) is -0.707. The van der Waals surface area contributed by atoms with Crippen molar-refractivity contribution in [2.45, 2.75) is 148 Å². The van der Waals surface area contributed by atoms with Gasteiger partial charge in [0.05, 0.1) is 6.04 Å². The second-order valence-corrected chi connectivity index (χ2v) is 23.0. The lowest BCUT2D eigenvalue weighted by Crippen LogP contribution is -2.42. The SMILES string of the molecule is CCCC1Nc2c(c(=O)c2=O)NCCCN(C)CCCNc2c(c(=O)c2=O)NCCCN(C)CCCNc2c(c(=O)c2=O)NCCCN(C)CCCCc2c(c(=O)c2=O)CCCCN(C)CCCCc2c(c(=O)c2=O)CCCCCC1=O. The molecule has 6 N–H and O–H groups in total. The van der Waals surface area contributed by atoms with E-state index < -0.39 is 49.5 Å². The molecule has 0 bridgehead atoms. The smallest absolute Gasteiger partial charge is 0.253 e. The second-order valence-electron chi connectivity index (χ2n) is 23.0. The van der Waals surface area contributed by atoms with Crippen molar-refractivity contribution in [3.8, 4) is 0 Å². The molecule has 0 amide bonds. The van der Waals surface area contributed by atoms with Crippen LogP contribution in [-0.2, 0) is 30.5 Å². The largest absolute Gasteiger partial charge is 0.380 e. The molecule has 0 fully saturated rings. The molecule has 0 radical (unpaired) electrons. The van der Waals surface area contributed by atoms with Crippen molar-refractivity contribution < 1.29 is 4.79 Å². The predicted molar refractivity (Wildman–Crippen MR) is 331 cm³/mol. The van der Waals surface area contributed by atoms with Crippen molar-refractivity contribution in [2.24, 2.45) is 0 Å². The van der Waals surface area contributed by atoms with E-state index in [0.29, 0.717) is 161 Å². The first kappa shape index (κ1) is 64.9. The van der Waals surface area contributed by atoms with Crippen molar-refractivity contribution in [3.05, 3.63) is 124 Å². The summed E-state index contributed by atoms with van der Waals surface area (Å²) in [5, 5.41) is 18.7. The highest BCUT2D eigenvalue weighted by atomic mass is 16.2. The first-order valence-corrected chi connectivity index (χ1v) is 30.3. The van der Waals surface area contributed by atoms with Crippen LogP contribution < -0.4 is 86.2 Å². The van der Waals surface area contributed by atoms with Gasteiger partial charge in [0.2, 0.25) is 21.7 Å². The molecule has 1 aliphatic heterocycles. The van der Waals surface area contributed by atoms with E-state index in [9.17, 15) is 52.7 Å². The zero-order valence-corrected chi connectivity index (χ0v) is 49.4. The standard InChI is InChI=1S/C61H90N10O11/c1-6-21-44-45(72)26-9-7-8-22-40-41(53(74)52(40)73)23-10-13-32-68(2)33-14-11-24-42-43(55(76)54(42)75)25-12-15-34-69(3)35-16-27-62-46-47(57(78)56(46)77)63-28-17-36-70(4)37-18-29-64-48-49(59(80)58(48)79)65-30-19-38-71(5)39-20-31-66-50-51(67-44)61(82)60(50)81/h44,62-67H,6-39H2,1-5H3. The molecule has 1 aliphatic rings. The van der Waals surface area contributed by atoms with E-state index in [1.54, 1.807) is 0 Å². The van der Waals surface area contributed by atoms with E-state index in [4.69, 9.17) is 0 Å². The quantitative estimate of drug-likeness (QED) is 0.139. The molecule has 82 heavy (non-hydrogen) atoms. The van der Waals surface area contributed by atoms with Gasteiger partial charge in [0.15, 0.2) is 5.78 Å². The molecule has 21 heteroatoms. The molecule has 0 aromatic heterocycles. The van der Waals surface area contributed by atoms with Gasteiger partial charge in [-0.1, -0.05) is 19.8 Å². The third-order valence-electron chi connectivity index (χ3n) is 16.3. The molecule has 0 aliphatic carbocycles. The van der Waals surface area contributed by atoms with Gasteiger partial charge < -0.3 is 51.5 Å². The lowest BCUT2D eigenvalue weighted by atomic mass is 9.91. The summed E-state index contributed by atoms with van der Waals surface area (Å²) in [6, 6.07) is -0.621. The van der Waals surface area contributed by atoms with Gasteiger partial charge in [-0.15, -0.1) is 0 Å². The lowest BCUT2D eigenvalue weighted by molar-refractivity contribution is -0.120. The maximum absolute atomic E-state index is 13.4. The minimum Gasteiger partial charge on any atom is -0.380 e. The summed E-state index contributed by atoms with van der Waals surface area (Å²) >= 11 is 0. The molecule has 450 valence electrons. The van der Waals surface area contributed by atoms with Crippen LogP contribution in [0.1, 0.15) is 138 Å². The van der Waals surface area contributed by atoms with Gasteiger partial charge >= 0.3 is 0 Å². The molecule has 0 saturated heterocycles. The number of hydrogen-bond acceptors (Lipinski definition) is 21. The first-order chi connectivity index (χ1) is 39.4. The molecule has 5 aromatic rings. The summed E-state index contributed by atoms with van der Waals surface area (Å²) < 4.78 is 0. The Hall–Kier alpha value is -6.29. The Kier molecular flexibility index (Phi) is 25.7. The van der Waals surface area contributed by atoms with E-state index in [-0.39, 0.29) is 34.4 Å². The number of rotatable bonds is 2. The number of carbonyl (C=O) groups excluding carboxylic acids is 1. The van der Waals surface area contributed by atoms with E-state index in [0.717, 1.165) is 97.1 Å². The number of fused-ring (bicyclic) bond motifs is 5. The maximum atomic E-state index is 13.4. The molecule has 0 saturated carbocycles. The number of anilines is 6. The Morgan fingerprint density at radius 3 is 0.841 bits per heavy atom. The molecular formula is C61H90N10O11. The number of nitrogens with one attached hydrogen (secondary N) is 6. The van der Waals surface area contributed by atoms with Crippen LogP contribution in [0.5, 0.6) is 0 Å². The molecule has 1 atom stereocenters.